The van der Waals surface area contributed by atoms with E-state index in [0.29, 0.717) is 5.69 Å². The number of benzene rings is 1. The number of sulfone groups is 1. The van der Waals surface area contributed by atoms with Gasteiger partial charge in [-0.05, 0) is 17.7 Å². The number of amides is 1. The normalized spacial score (nSPS) is 11.2. The van der Waals surface area contributed by atoms with Gasteiger partial charge in [0, 0.05) is 18.0 Å². The maximum absolute atomic E-state index is 11.5. The topological polar surface area (TPSA) is 89.3 Å². The number of carbonyl (C=O) groups is 1. The van der Waals surface area contributed by atoms with Gasteiger partial charge in [0.25, 0.3) is 0 Å². The zero-order chi connectivity index (χ0) is 13.6. The van der Waals surface area contributed by atoms with Crippen molar-refractivity contribution in [3.63, 3.8) is 0 Å². The Morgan fingerprint density at radius 2 is 1.89 bits per heavy atom. The molecule has 1 aromatic carbocycles. The molecular weight excluding hydrogens is 252 g/mol. The highest BCUT2D eigenvalue weighted by atomic mass is 32.2. The number of hydrogen-bond donors (Lipinski definition) is 2. The molecular formula is C12H18N2O3S. The van der Waals surface area contributed by atoms with E-state index in [2.05, 4.69) is 5.32 Å². The van der Waals surface area contributed by atoms with Crippen molar-refractivity contribution in [2.24, 2.45) is 0 Å². The van der Waals surface area contributed by atoms with E-state index in [1.54, 1.807) is 31.2 Å². The van der Waals surface area contributed by atoms with E-state index in [0.717, 1.165) is 5.56 Å². The summed E-state index contributed by atoms with van der Waals surface area (Å²) in [4.78, 5) is 11.5. The average Bonchev–Trinajstić information content (AvgIpc) is 2.32. The van der Waals surface area contributed by atoms with Crippen molar-refractivity contribution >= 4 is 21.4 Å². The summed E-state index contributed by atoms with van der Waals surface area (Å²) in [5.74, 6) is -0.108. The molecule has 0 spiro atoms. The molecule has 0 saturated carbocycles. The molecule has 0 bridgehead atoms. The minimum absolute atomic E-state index is 0.0169. The molecule has 1 amide bonds. The lowest BCUT2D eigenvalue weighted by Crippen LogP contribution is -2.30. The van der Waals surface area contributed by atoms with E-state index < -0.39 is 9.84 Å². The minimum Gasteiger partial charge on any atom is -0.399 e. The third kappa shape index (κ3) is 5.18. The van der Waals surface area contributed by atoms with E-state index in [9.17, 15) is 13.2 Å². The van der Waals surface area contributed by atoms with E-state index in [1.165, 1.54) is 0 Å². The predicted molar refractivity (Wildman–Crippen MR) is 71.9 cm³/mol. The minimum atomic E-state index is -3.02. The summed E-state index contributed by atoms with van der Waals surface area (Å²) >= 11 is 0. The lowest BCUT2D eigenvalue weighted by Gasteiger charge is -2.05. The van der Waals surface area contributed by atoms with Gasteiger partial charge >= 0.3 is 0 Å². The molecule has 0 aromatic heterocycles. The average molecular weight is 270 g/mol. The second-order valence-corrected chi connectivity index (χ2v) is 6.48. The van der Waals surface area contributed by atoms with Gasteiger partial charge in [0.2, 0.25) is 5.91 Å². The number of anilines is 1. The Kier molecular flexibility index (Phi) is 5.15. The highest BCUT2D eigenvalue weighted by Crippen LogP contribution is 2.05. The summed E-state index contributed by atoms with van der Waals surface area (Å²) in [5.41, 5.74) is 7.03. The zero-order valence-corrected chi connectivity index (χ0v) is 11.2. The third-order valence-electron chi connectivity index (χ3n) is 2.52. The second kappa shape index (κ2) is 6.39. The van der Waals surface area contributed by atoms with Gasteiger partial charge in [0.1, 0.15) is 0 Å². The molecule has 3 N–H and O–H groups in total. The van der Waals surface area contributed by atoms with Crippen LogP contribution in [0.1, 0.15) is 12.5 Å². The lowest BCUT2D eigenvalue weighted by atomic mass is 10.1. The monoisotopic (exact) mass is 270 g/mol. The van der Waals surface area contributed by atoms with Gasteiger partial charge in [-0.1, -0.05) is 19.1 Å². The van der Waals surface area contributed by atoms with Gasteiger partial charge in [-0.15, -0.1) is 0 Å². The van der Waals surface area contributed by atoms with Crippen molar-refractivity contribution in [2.45, 2.75) is 13.3 Å². The van der Waals surface area contributed by atoms with Crippen molar-refractivity contribution in [1.29, 1.82) is 0 Å². The Morgan fingerprint density at radius 1 is 1.28 bits per heavy atom. The Labute approximate surface area is 107 Å². The molecule has 1 rings (SSSR count). The van der Waals surface area contributed by atoms with Gasteiger partial charge in [0.15, 0.2) is 9.84 Å². The van der Waals surface area contributed by atoms with Gasteiger partial charge < -0.3 is 11.1 Å². The highest BCUT2D eigenvalue weighted by Gasteiger charge is 2.08. The summed E-state index contributed by atoms with van der Waals surface area (Å²) in [7, 11) is -3.02. The number of carbonyl (C=O) groups excluding carboxylic acids is 1. The van der Waals surface area contributed by atoms with Crippen molar-refractivity contribution in [1.82, 2.24) is 5.32 Å². The maximum Gasteiger partial charge on any atom is 0.224 e. The van der Waals surface area contributed by atoms with Gasteiger partial charge in [0.05, 0.1) is 12.2 Å². The molecule has 0 aliphatic heterocycles. The molecule has 0 aliphatic carbocycles. The van der Waals surface area contributed by atoms with Crippen molar-refractivity contribution < 1.29 is 13.2 Å². The smallest absolute Gasteiger partial charge is 0.224 e. The fraction of sp³-hybridized carbons (Fsp3) is 0.417. The SMILES string of the molecule is CCS(=O)(=O)CCNC(=O)Cc1ccc(N)cc1. The van der Waals surface area contributed by atoms with Gasteiger partial charge in [-0.25, -0.2) is 8.42 Å². The zero-order valence-electron chi connectivity index (χ0n) is 10.3. The fourth-order valence-corrected chi connectivity index (χ4v) is 2.08. The Bertz CT molecular complexity index is 495. The first-order valence-corrected chi connectivity index (χ1v) is 7.56. The molecule has 0 unspecified atom stereocenters. The van der Waals surface area contributed by atoms with Crippen LogP contribution in [0.4, 0.5) is 5.69 Å². The van der Waals surface area contributed by atoms with E-state index in [-0.39, 0.29) is 30.4 Å². The summed E-state index contributed by atoms with van der Waals surface area (Å²) in [6, 6.07) is 7.00. The molecule has 18 heavy (non-hydrogen) atoms. The van der Waals surface area contributed by atoms with Gasteiger partial charge in [-0.2, -0.15) is 0 Å². The molecule has 0 heterocycles. The third-order valence-corrected chi connectivity index (χ3v) is 4.23. The molecule has 0 fully saturated rings. The van der Waals surface area contributed by atoms with Crippen molar-refractivity contribution in [2.75, 3.05) is 23.8 Å². The van der Waals surface area contributed by atoms with Crippen LogP contribution in [-0.4, -0.2) is 32.4 Å². The molecule has 0 radical (unpaired) electrons. The standard InChI is InChI=1S/C12H18N2O3S/c1-2-18(16,17)8-7-14-12(15)9-10-3-5-11(13)6-4-10/h3-6H,2,7-9,13H2,1H3,(H,14,15). The molecule has 0 saturated heterocycles. The molecule has 1 aromatic rings. The van der Waals surface area contributed by atoms with Crippen molar-refractivity contribution in [3.05, 3.63) is 29.8 Å². The second-order valence-electron chi connectivity index (χ2n) is 4.00. The Hall–Kier alpha value is -1.56. The molecule has 100 valence electrons. The number of rotatable bonds is 6. The van der Waals surface area contributed by atoms with E-state index in [4.69, 9.17) is 5.73 Å². The maximum atomic E-state index is 11.5. The molecule has 0 atom stereocenters. The van der Waals surface area contributed by atoms with Crippen LogP contribution >= 0.6 is 0 Å². The summed E-state index contributed by atoms with van der Waals surface area (Å²) in [6.45, 7) is 1.75. The van der Waals surface area contributed by atoms with Crippen LogP contribution in [0, 0.1) is 0 Å². The largest absolute Gasteiger partial charge is 0.399 e. The van der Waals surface area contributed by atoms with Crippen LogP contribution in [0.2, 0.25) is 0 Å². The van der Waals surface area contributed by atoms with Crippen LogP contribution in [0.25, 0.3) is 0 Å². The predicted octanol–water partition coefficient (Wildman–Crippen LogP) is 0.362. The first kappa shape index (κ1) is 14.5. The number of nitrogens with one attached hydrogen (secondary N) is 1. The molecule has 5 nitrogen and oxygen atoms in total. The van der Waals surface area contributed by atoms with Crippen LogP contribution in [0.5, 0.6) is 0 Å². The number of hydrogen-bond acceptors (Lipinski definition) is 4. The molecule has 6 heteroatoms. The quantitative estimate of drug-likeness (QED) is 0.730. The fourth-order valence-electron chi connectivity index (χ4n) is 1.37. The number of nitrogens with two attached hydrogens (primary N) is 1. The highest BCUT2D eigenvalue weighted by molar-refractivity contribution is 7.91. The lowest BCUT2D eigenvalue weighted by molar-refractivity contribution is -0.120. The Morgan fingerprint density at radius 3 is 2.44 bits per heavy atom. The molecule has 0 aliphatic rings. The van der Waals surface area contributed by atoms with E-state index in [1.807, 2.05) is 0 Å². The van der Waals surface area contributed by atoms with Crippen LogP contribution < -0.4 is 11.1 Å². The summed E-state index contributed by atoms with van der Waals surface area (Å²) in [6.07, 6.45) is 0.229. The Balaban J connectivity index is 2.36. The van der Waals surface area contributed by atoms with Crippen LogP contribution in [0.15, 0.2) is 24.3 Å². The summed E-state index contributed by atoms with van der Waals surface area (Å²) < 4.78 is 22.4. The summed E-state index contributed by atoms with van der Waals surface area (Å²) in [5, 5.41) is 2.59. The van der Waals surface area contributed by atoms with Gasteiger partial charge in [-0.3, -0.25) is 4.79 Å². The first-order valence-electron chi connectivity index (χ1n) is 5.74. The van der Waals surface area contributed by atoms with Crippen LogP contribution in [0.3, 0.4) is 0 Å². The first-order chi connectivity index (χ1) is 8.43. The van der Waals surface area contributed by atoms with Crippen molar-refractivity contribution in [3.8, 4) is 0 Å². The number of nitrogen functional groups attached to an aromatic ring is 1. The van der Waals surface area contributed by atoms with E-state index >= 15 is 0 Å². The van der Waals surface area contributed by atoms with Crippen LogP contribution in [-0.2, 0) is 21.1 Å².